The van der Waals surface area contributed by atoms with Crippen molar-refractivity contribution < 1.29 is 0 Å². The Bertz CT molecular complexity index is 788. The first-order valence-electron chi connectivity index (χ1n) is 6.37. The van der Waals surface area contributed by atoms with E-state index in [2.05, 4.69) is 14.5 Å². The number of nitrogens with two attached hydrogens (primary N) is 1. The molecule has 0 atom stereocenters. The van der Waals surface area contributed by atoms with E-state index < -0.39 is 0 Å². The van der Waals surface area contributed by atoms with Gasteiger partial charge in [0.1, 0.15) is 17.4 Å². The van der Waals surface area contributed by atoms with Crippen LogP contribution in [0.2, 0.25) is 0 Å². The van der Waals surface area contributed by atoms with Crippen LogP contribution < -0.4 is 5.73 Å². The molecule has 5 nitrogen and oxygen atoms in total. The lowest BCUT2D eigenvalue weighted by atomic mass is 10.1. The number of fused-ring (bicyclic) bond motifs is 1. The molecule has 0 fully saturated rings. The Balaban J connectivity index is 2.10. The van der Waals surface area contributed by atoms with Crippen LogP contribution in [0.25, 0.3) is 11.0 Å². The molecule has 2 heterocycles. The third-order valence-electron chi connectivity index (χ3n) is 3.32. The Hall–Kier alpha value is -2.69. The lowest BCUT2D eigenvalue weighted by Crippen LogP contribution is -2.17. The largest absolute Gasteiger partial charge is 0.382 e. The molecule has 0 aliphatic carbocycles. The number of para-hydroxylation sites is 2. The Morgan fingerprint density at radius 1 is 1.25 bits per heavy atom. The number of aromatic nitrogens is 3. The van der Waals surface area contributed by atoms with Gasteiger partial charge in [-0.1, -0.05) is 18.2 Å². The molecule has 0 radical (unpaired) electrons. The SMILES string of the molecule is Cc1nc2ccccc2n1Cc1cccnc1C(=N)N. The van der Waals surface area contributed by atoms with Gasteiger partial charge in [0.2, 0.25) is 0 Å². The van der Waals surface area contributed by atoms with Crippen LogP contribution >= 0.6 is 0 Å². The minimum atomic E-state index is -0.0114. The predicted molar refractivity (Wildman–Crippen MR) is 78.8 cm³/mol. The zero-order valence-corrected chi connectivity index (χ0v) is 11.2. The second kappa shape index (κ2) is 4.77. The number of rotatable bonds is 3. The van der Waals surface area contributed by atoms with Gasteiger partial charge in [0.25, 0.3) is 0 Å². The van der Waals surface area contributed by atoms with Crippen molar-refractivity contribution in [2.75, 3.05) is 0 Å². The van der Waals surface area contributed by atoms with E-state index in [0.29, 0.717) is 12.2 Å². The molecular formula is C15H15N5. The smallest absolute Gasteiger partial charge is 0.142 e. The van der Waals surface area contributed by atoms with Gasteiger partial charge in [0.05, 0.1) is 17.6 Å². The molecule has 3 aromatic rings. The summed E-state index contributed by atoms with van der Waals surface area (Å²) in [5, 5.41) is 7.61. The maximum Gasteiger partial charge on any atom is 0.142 e. The standard InChI is InChI=1S/C15H15N5/c1-10-19-12-6-2-3-7-13(12)20(10)9-11-5-4-8-18-14(11)15(16)17/h2-8H,9H2,1H3,(H3,16,17). The van der Waals surface area contributed by atoms with Gasteiger partial charge in [-0.3, -0.25) is 10.4 Å². The van der Waals surface area contributed by atoms with E-state index in [0.717, 1.165) is 22.4 Å². The lowest BCUT2D eigenvalue weighted by Gasteiger charge is -2.10. The number of aryl methyl sites for hydroxylation is 1. The van der Waals surface area contributed by atoms with E-state index >= 15 is 0 Å². The third kappa shape index (κ3) is 2.03. The van der Waals surface area contributed by atoms with E-state index in [-0.39, 0.29) is 5.84 Å². The van der Waals surface area contributed by atoms with E-state index in [9.17, 15) is 0 Å². The molecule has 0 saturated heterocycles. The third-order valence-corrected chi connectivity index (χ3v) is 3.32. The van der Waals surface area contributed by atoms with E-state index in [1.54, 1.807) is 6.20 Å². The first-order valence-corrected chi connectivity index (χ1v) is 6.37. The van der Waals surface area contributed by atoms with Gasteiger partial charge in [0.15, 0.2) is 0 Å². The summed E-state index contributed by atoms with van der Waals surface area (Å²) in [7, 11) is 0. The zero-order chi connectivity index (χ0) is 14.1. The second-order valence-electron chi connectivity index (χ2n) is 4.66. The van der Waals surface area contributed by atoms with Gasteiger partial charge in [-0.25, -0.2) is 4.98 Å². The van der Waals surface area contributed by atoms with Crippen LogP contribution in [0.5, 0.6) is 0 Å². The summed E-state index contributed by atoms with van der Waals surface area (Å²) < 4.78 is 2.11. The van der Waals surface area contributed by atoms with Crippen LogP contribution in [0.15, 0.2) is 42.6 Å². The molecule has 3 N–H and O–H groups in total. The maximum absolute atomic E-state index is 7.61. The fourth-order valence-electron chi connectivity index (χ4n) is 2.37. The van der Waals surface area contributed by atoms with E-state index in [4.69, 9.17) is 11.1 Å². The molecule has 100 valence electrons. The zero-order valence-electron chi connectivity index (χ0n) is 11.2. The quantitative estimate of drug-likeness (QED) is 0.562. The fraction of sp³-hybridized carbons (Fsp3) is 0.133. The highest BCUT2D eigenvalue weighted by molar-refractivity contribution is 5.94. The summed E-state index contributed by atoms with van der Waals surface area (Å²) in [4.78, 5) is 8.73. The van der Waals surface area contributed by atoms with Crippen molar-refractivity contribution in [2.24, 2.45) is 5.73 Å². The summed E-state index contributed by atoms with van der Waals surface area (Å²) in [6.07, 6.45) is 1.65. The number of hydrogen-bond donors (Lipinski definition) is 2. The summed E-state index contributed by atoms with van der Waals surface area (Å²) in [6, 6.07) is 11.8. The van der Waals surface area contributed by atoms with Crippen LogP contribution in [0.4, 0.5) is 0 Å². The van der Waals surface area contributed by atoms with Gasteiger partial charge in [-0.2, -0.15) is 0 Å². The van der Waals surface area contributed by atoms with Gasteiger partial charge < -0.3 is 10.3 Å². The molecule has 5 heteroatoms. The van der Waals surface area contributed by atoms with Gasteiger partial charge in [-0.05, 0) is 25.1 Å². The van der Waals surface area contributed by atoms with Gasteiger partial charge >= 0.3 is 0 Å². The highest BCUT2D eigenvalue weighted by atomic mass is 15.1. The summed E-state index contributed by atoms with van der Waals surface area (Å²) in [5.74, 6) is 0.923. The molecular weight excluding hydrogens is 250 g/mol. The first kappa shape index (κ1) is 12.3. The monoisotopic (exact) mass is 265 g/mol. The number of benzene rings is 1. The summed E-state index contributed by atoms with van der Waals surface area (Å²) in [6.45, 7) is 2.58. The highest BCUT2D eigenvalue weighted by Crippen LogP contribution is 2.18. The highest BCUT2D eigenvalue weighted by Gasteiger charge is 2.11. The molecule has 0 saturated carbocycles. The number of nitrogen functional groups attached to an aromatic ring is 1. The molecule has 1 aromatic carbocycles. The molecule has 0 aliphatic heterocycles. The number of pyridine rings is 1. The minimum Gasteiger partial charge on any atom is -0.382 e. The fourth-order valence-corrected chi connectivity index (χ4v) is 2.37. The Morgan fingerprint density at radius 3 is 2.85 bits per heavy atom. The van der Waals surface area contributed by atoms with Crippen molar-refractivity contribution in [1.82, 2.24) is 14.5 Å². The minimum absolute atomic E-state index is 0.0114. The maximum atomic E-state index is 7.61. The normalized spacial score (nSPS) is 10.8. The second-order valence-corrected chi connectivity index (χ2v) is 4.66. The Kier molecular flexibility index (Phi) is 2.95. The van der Waals surface area contributed by atoms with Crippen LogP contribution in [0.1, 0.15) is 17.1 Å². The van der Waals surface area contributed by atoms with Crippen molar-refractivity contribution in [3.8, 4) is 0 Å². The number of nitrogens with zero attached hydrogens (tertiary/aromatic N) is 3. The van der Waals surface area contributed by atoms with Crippen molar-refractivity contribution in [1.29, 1.82) is 5.41 Å². The molecule has 0 spiro atoms. The molecule has 20 heavy (non-hydrogen) atoms. The summed E-state index contributed by atoms with van der Waals surface area (Å²) in [5.41, 5.74) is 9.09. The van der Waals surface area contributed by atoms with Crippen LogP contribution in [-0.4, -0.2) is 20.4 Å². The van der Waals surface area contributed by atoms with E-state index in [1.165, 1.54) is 0 Å². The molecule has 2 aromatic heterocycles. The van der Waals surface area contributed by atoms with Crippen molar-refractivity contribution in [3.63, 3.8) is 0 Å². The topological polar surface area (TPSA) is 80.6 Å². The van der Waals surface area contributed by atoms with Gasteiger partial charge in [0, 0.05) is 11.8 Å². The lowest BCUT2D eigenvalue weighted by molar-refractivity contribution is 0.780. The van der Waals surface area contributed by atoms with Gasteiger partial charge in [-0.15, -0.1) is 0 Å². The average molecular weight is 265 g/mol. The molecule has 3 rings (SSSR count). The van der Waals surface area contributed by atoms with Crippen LogP contribution in [0, 0.1) is 12.3 Å². The Labute approximate surface area is 116 Å². The van der Waals surface area contributed by atoms with Crippen LogP contribution in [0.3, 0.4) is 0 Å². The molecule has 0 bridgehead atoms. The first-order chi connectivity index (χ1) is 9.66. The number of nitrogens with one attached hydrogen (secondary N) is 1. The molecule has 0 amide bonds. The van der Waals surface area contributed by atoms with Crippen LogP contribution in [-0.2, 0) is 6.54 Å². The van der Waals surface area contributed by atoms with Crippen molar-refractivity contribution in [3.05, 3.63) is 59.7 Å². The number of amidine groups is 1. The Morgan fingerprint density at radius 2 is 2.05 bits per heavy atom. The summed E-state index contributed by atoms with van der Waals surface area (Å²) >= 11 is 0. The number of hydrogen-bond acceptors (Lipinski definition) is 3. The average Bonchev–Trinajstić information content (AvgIpc) is 2.76. The van der Waals surface area contributed by atoms with Crippen molar-refractivity contribution >= 4 is 16.9 Å². The predicted octanol–water partition coefficient (Wildman–Crippen LogP) is 2.07. The number of imidazole rings is 1. The molecule has 0 aliphatic rings. The molecule has 0 unspecified atom stereocenters. The van der Waals surface area contributed by atoms with Crippen molar-refractivity contribution in [2.45, 2.75) is 13.5 Å². The van der Waals surface area contributed by atoms with E-state index in [1.807, 2.05) is 43.3 Å².